The van der Waals surface area contributed by atoms with Gasteiger partial charge in [-0.25, -0.2) is 4.98 Å². The SMILES string of the molecule is Cc1nc2c(c(=O)[nH]1)CN(C(=O)c1cccc3ccccc13)CC2. The zero-order valence-electron chi connectivity index (χ0n) is 13.4. The van der Waals surface area contributed by atoms with Gasteiger partial charge in [0.2, 0.25) is 0 Å². The molecule has 5 nitrogen and oxygen atoms in total. The lowest BCUT2D eigenvalue weighted by Crippen LogP contribution is -2.39. The molecular formula is C19H17N3O2. The molecule has 0 unspecified atom stereocenters. The first-order valence-corrected chi connectivity index (χ1v) is 7.99. The van der Waals surface area contributed by atoms with Gasteiger partial charge in [0.25, 0.3) is 11.5 Å². The lowest BCUT2D eigenvalue weighted by Gasteiger charge is -2.28. The van der Waals surface area contributed by atoms with Gasteiger partial charge in [0.15, 0.2) is 0 Å². The molecule has 2 aromatic carbocycles. The monoisotopic (exact) mass is 319 g/mol. The molecule has 1 amide bonds. The summed E-state index contributed by atoms with van der Waals surface area (Å²) in [7, 11) is 0. The zero-order valence-corrected chi connectivity index (χ0v) is 13.4. The number of aromatic amines is 1. The van der Waals surface area contributed by atoms with Gasteiger partial charge in [0.1, 0.15) is 5.82 Å². The van der Waals surface area contributed by atoms with Crippen LogP contribution in [0.1, 0.15) is 27.4 Å². The summed E-state index contributed by atoms with van der Waals surface area (Å²) < 4.78 is 0. The Labute approximate surface area is 139 Å². The molecule has 0 saturated heterocycles. The lowest BCUT2D eigenvalue weighted by atomic mass is 10.0. The molecule has 24 heavy (non-hydrogen) atoms. The van der Waals surface area contributed by atoms with Gasteiger partial charge in [-0.2, -0.15) is 0 Å². The average Bonchev–Trinajstić information content (AvgIpc) is 2.60. The second-order valence-corrected chi connectivity index (χ2v) is 6.08. The summed E-state index contributed by atoms with van der Waals surface area (Å²) in [6.07, 6.45) is 0.608. The van der Waals surface area contributed by atoms with Crippen molar-refractivity contribution in [3.05, 3.63) is 75.5 Å². The van der Waals surface area contributed by atoms with Crippen molar-refractivity contribution in [1.82, 2.24) is 14.9 Å². The number of H-pyrrole nitrogens is 1. The Kier molecular flexibility index (Phi) is 3.41. The van der Waals surface area contributed by atoms with E-state index in [1.807, 2.05) is 42.5 Å². The van der Waals surface area contributed by atoms with Gasteiger partial charge in [0.05, 0.1) is 17.8 Å². The molecule has 0 saturated carbocycles. The van der Waals surface area contributed by atoms with Crippen LogP contribution in [-0.4, -0.2) is 27.3 Å². The molecule has 1 N–H and O–H groups in total. The van der Waals surface area contributed by atoms with Gasteiger partial charge < -0.3 is 9.88 Å². The number of carbonyl (C=O) groups is 1. The maximum absolute atomic E-state index is 13.0. The molecule has 0 fully saturated rings. The number of aromatic nitrogens is 2. The number of hydrogen-bond acceptors (Lipinski definition) is 3. The number of aryl methyl sites for hydroxylation is 1. The molecule has 0 spiro atoms. The Morgan fingerprint density at radius 2 is 1.96 bits per heavy atom. The van der Waals surface area contributed by atoms with E-state index < -0.39 is 0 Å². The van der Waals surface area contributed by atoms with Crippen molar-refractivity contribution in [2.45, 2.75) is 19.9 Å². The maximum atomic E-state index is 13.0. The van der Waals surface area contributed by atoms with E-state index in [4.69, 9.17) is 0 Å². The fourth-order valence-corrected chi connectivity index (χ4v) is 3.30. The fraction of sp³-hybridized carbons (Fsp3) is 0.211. The number of nitrogens with zero attached hydrogens (tertiary/aromatic N) is 2. The van der Waals surface area contributed by atoms with E-state index >= 15 is 0 Å². The molecule has 5 heteroatoms. The first kappa shape index (κ1) is 14.6. The normalized spacial score (nSPS) is 13.8. The van der Waals surface area contributed by atoms with Crippen LogP contribution in [0.3, 0.4) is 0 Å². The molecule has 0 aliphatic carbocycles. The highest BCUT2D eigenvalue weighted by Gasteiger charge is 2.25. The van der Waals surface area contributed by atoms with Crippen LogP contribution >= 0.6 is 0 Å². The molecule has 3 aromatic rings. The van der Waals surface area contributed by atoms with Gasteiger partial charge in [0, 0.05) is 18.5 Å². The Bertz CT molecular complexity index is 1000. The summed E-state index contributed by atoms with van der Waals surface area (Å²) in [6.45, 7) is 2.65. The molecule has 1 aliphatic rings. The second-order valence-electron chi connectivity index (χ2n) is 6.08. The van der Waals surface area contributed by atoms with E-state index in [2.05, 4.69) is 9.97 Å². The predicted molar refractivity (Wildman–Crippen MR) is 92.0 cm³/mol. The van der Waals surface area contributed by atoms with Crippen LogP contribution in [0.5, 0.6) is 0 Å². The maximum Gasteiger partial charge on any atom is 0.256 e. The van der Waals surface area contributed by atoms with Crippen molar-refractivity contribution in [2.24, 2.45) is 0 Å². The van der Waals surface area contributed by atoms with Gasteiger partial charge in [-0.1, -0.05) is 36.4 Å². The van der Waals surface area contributed by atoms with Crippen LogP contribution < -0.4 is 5.56 Å². The van der Waals surface area contributed by atoms with Gasteiger partial charge in [-0.15, -0.1) is 0 Å². The van der Waals surface area contributed by atoms with Crippen molar-refractivity contribution in [1.29, 1.82) is 0 Å². The van der Waals surface area contributed by atoms with E-state index in [1.54, 1.807) is 11.8 Å². The van der Waals surface area contributed by atoms with Crippen LogP contribution in [0, 0.1) is 6.92 Å². The van der Waals surface area contributed by atoms with Crippen LogP contribution in [0.25, 0.3) is 10.8 Å². The first-order chi connectivity index (χ1) is 11.6. The van der Waals surface area contributed by atoms with E-state index in [-0.39, 0.29) is 11.5 Å². The first-order valence-electron chi connectivity index (χ1n) is 7.99. The van der Waals surface area contributed by atoms with Crippen molar-refractivity contribution in [3.63, 3.8) is 0 Å². The number of fused-ring (bicyclic) bond motifs is 2. The van der Waals surface area contributed by atoms with Crippen LogP contribution in [0.4, 0.5) is 0 Å². The third-order valence-corrected chi connectivity index (χ3v) is 4.49. The van der Waals surface area contributed by atoms with E-state index in [0.717, 1.165) is 16.5 Å². The smallest absolute Gasteiger partial charge is 0.256 e. The molecule has 0 radical (unpaired) electrons. The number of hydrogen-bond donors (Lipinski definition) is 1. The largest absolute Gasteiger partial charge is 0.334 e. The molecule has 4 rings (SSSR count). The minimum atomic E-state index is -0.145. The summed E-state index contributed by atoms with van der Waals surface area (Å²) in [6, 6.07) is 13.6. The molecule has 120 valence electrons. The van der Waals surface area contributed by atoms with Gasteiger partial charge in [-0.05, 0) is 23.8 Å². The highest BCUT2D eigenvalue weighted by Crippen LogP contribution is 2.22. The summed E-state index contributed by atoms with van der Waals surface area (Å²) in [4.78, 5) is 34.0. The van der Waals surface area contributed by atoms with Gasteiger partial charge >= 0.3 is 0 Å². The second kappa shape index (κ2) is 5.60. The highest BCUT2D eigenvalue weighted by atomic mass is 16.2. The van der Waals surface area contributed by atoms with Crippen molar-refractivity contribution < 1.29 is 4.79 Å². The lowest BCUT2D eigenvalue weighted by molar-refractivity contribution is 0.0734. The van der Waals surface area contributed by atoms with Crippen LogP contribution in [0.2, 0.25) is 0 Å². The molecule has 0 atom stereocenters. The standard InChI is InChI=1S/C19H17N3O2/c1-12-20-17-9-10-22(11-16(17)18(23)21-12)19(24)15-8-4-6-13-5-2-3-7-14(13)15/h2-8H,9-11H2,1H3,(H,20,21,23). The Morgan fingerprint density at radius 1 is 1.17 bits per heavy atom. The number of benzene rings is 2. The minimum absolute atomic E-state index is 0.0441. The van der Waals surface area contributed by atoms with Crippen molar-refractivity contribution >= 4 is 16.7 Å². The van der Waals surface area contributed by atoms with Crippen molar-refractivity contribution in [2.75, 3.05) is 6.54 Å². The predicted octanol–water partition coefficient (Wildman–Crippen LogP) is 2.43. The summed E-state index contributed by atoms with van der Waals surface area (Å²) in [5.74, 6) is 0.574. The summed E-state index contributed by atoms with van der Waals surface area (Å²) >= 11 is 0. The Balaban J connectivity index is 1.72. The third-order valence-electron chi connectivity index (χ3n) is 4.49. The number of amides is 1. The molecule has 2 heterocycles. The van der Waals surface area contributed by atoms with Crippen LogP contribution in [0.15, 0.2) is 47.3 Å². The third kappa shape index (κ3) is 2.38. The number of nitrogens with one attached hydrogen (secondary N) is 1. The van der Waals surface area contributed by atoms with E-state index in [9.17, 15) is 9.59 Å². The number of carbonyl (C=O) groups excluding carboxylic acids is 1. The van der Waals surface area contributed by atoms with E-state index in [0.29, 0.717) is 36.5 Å². The molecule has 0 bridgehead atoms. The van der Waals surface area contributed by atoms with Gasteiger partial charge in [-0.3, -0.25) is 9.59 Å². The quantitative estimate of drug-likeness (QED) is 0.749. The molecule has 1 aromatic heterocycles. The average molecular weight is 319 g/mol. The highest BCUT2D eigenvalue weighted by molar-refractivity contribution is 6.07. The summed E-state index contributed by atoms with van der Waals surface area (Å²) in [5, 5.41) is 1.97. The summed E-state index contributed by atoms with van der Waals surface area (Å²) in [5.41, 5.74) is 1.93. The molecule has 1 aliphatic heterocycles. The Hall–Kier alpha value is -2.95. The topological polar surface area (TPSA) is 66.1 Å². The fourth-order valence-electron chi connectivity index (χ4n) is 3.30. The van der Waals surface area contributed by atoms with E-state index in [1.165, 1.54) is 0 Å². The van der Waals surface area contributed by atoms with Crippen LogP contribution in [-0.2, 0) is 13.0 Å². The number of rotatable bonds is 1. The Morgan fingerprint density at radius 3 is 2.83 bits per heavy atom. The van der Waals surface area contributed by atoms with Crippen molar-refractivity contribution in [3.8, 4) is 0 Å². The zero-order chi connectivity index (χ0) is 16.7. The molecular weight excluding hydrogens is 302 g/mol. The minimum Gasteiger partial charge on any atom is -0.334 e.